The molecule has 0 amide bonds. The van der Waals surface area contributed by atoms with Crippen molar-refractivity contribution < 1.29 is 10.2 Å². The Morgan fingerprint density at radius 3 is 2.57 bits per heavy atom. The molecule has 2 rings (SSSR count). The highest BCUT2D eigenvalue weighted by Gasteiger charge is 2.06. The quantitative estimate of drug-likeness (QED) is 0.548. The molecule has 0 radical (unpaired) electrons. The number of hydrogen-bond acceptors (Lipinski definition) is 3. The minimum atomic E-state index is -0.284. The normalized spacial score (nSPS) is 10.6. The molecule has 1 heterocycles. The predicted octanol–water partition coefficient (Wildman–Crippen LogP) is 1.25. The number of aromatic hydroxyl groups is 2. The topological polar surface area (TPSA) is 73.3 Å². The summed E-state index contributed by atoms with van der Waals surface area (Å²) >= 11 is 0. The van der Waals surface area contributed by atoms with Crippen LogP contribution in [0, 0.1) is 6.92 Å². The Hall–Kier alpha value is -1.97. The third-order valence-corrected chi connectivity index (χ3v) is 2.16. The number of hydrogen-bond donors (Lipinski definition) is 3. The number of aryl methyl sites for hydroxylation is 1. The summed E-state index contributed by atoms with van der Waals surface area (Å²) in [6.07, 6.45) is 1.57. The highest BCUT2D eigenvalue weighted by Crippen LogP contribution is 2.27. The summed E-state index contributed by atoms with van der Waals surface area (Å²) in [6, 6.07) is 2.59. The van der Waals surface area contributed by atoms with E-state index in [-0.39, 0.29) is 16.9 Å². The average molecular weight is 191 g/mol. The number of H-pyrrole nitrogens is 1. The molecule has 1 aromatic carbocycles. The average Bonchev–Trinajstić information content (AvgIpc) is 2.15. The van der Waals surface area contributed by atoms with Crippen LogP contribution in [0.2, 0.25) is 0 Å². The number of pyridine rings is 1. The van der Waals surface area contributed by atoms with Gasteiger partial charge in [0.05, 0.1) is 5.52 Å². The number of phenolic OH excluding ortho intramolecular Hbond substituents is 2. The van der Waals surface area contributed by atoms with Gasteiger partial charge in [-0.2, -0.15) is 0 Å². The molecule has 0 atom stereocenters. The summed E-state index contributed by atoms with van der Waals surface area (Å²) in [4.78, 5) is 14.4. The van der Waals surface area contributed by atoms with Gasteiger partial charge in [0.1, 0.15) is 0 Å². The van der Waals surface area contributed by atoms with E-state index in [4.69, 9.17) is 0 Å². The van der Waals surface area contributed by atoms with Gasteiger partial charge in [0.2, 0.25) is 0 Å². The molecule has 2 aromatic rings. The van der Waals surface area contributed by atoms with Gasteiger partial charge in [-0.15, -0.1) is 0 Å². The zero-order valence-corrected chi connectivity index (χ0v) is 7.53. The molecule has 0 saturated heterocycles. The second-order valence-electron chi connectivity index (χ2n) is 3.19. The van der Waals surface area contributed by atoms with Gasteiger partial charge in [0.15, 0.2) is 16.9 Å². The molecule has 0 saturated carbocycles. The van der Waals surface area contributed by atoms with Crippen molar-refractivity contribution in [2.75, 3.05) is 0 Å². The number of aromatic nitrogens is 1. The zero-order valence-electron chi connectivity index (χ0n) is 7.53. The fourth-order valence-electron chi connectivity index (χ4n) is 1.35. The summed E-state index contributed by atoms with van der Waals surface area (Å²) in [6.45, 7) is 1.68. The molecule has 0 aliphatic carbocycles. The third kappa shape index (κ3) is 1.12. The van der Waals surface area contributed by atoms with Gasteiger partial charge < -0.3 is 15.2 Å². The summed E-state index contributed by atoms with van der Waals surface area (Å²) in [5.74, 6) is -0.523. The lowest BCUT2D eigenvalue weighted by Crippen LogP contribution is -2.05. The molecule has 0 aliphatic heterocycles. The van der Waals surface area contributed by atoms with Gasteiger partial charge in [0.25, 0.3) is 0 Å². The van der Waals surface area contributed by atoms with Crippen molar-refractivity contribution in [1.29, 1.82) is 0 Å². The molecule has 0 bridgehead atoms. The van der Waals surface area contributed by atoms with E-state index in [2.05, 4.69) is 4.98 Å². The molecule has 0 spiro atoms. The van der Waals surface area contributed by atoms with Crippen LogP contribution >= 0.6 is 0 Å². The van der Waals surface area contributed by atoms with Gasteiger partial charge in [-0.3, -0.25) is 4.79 Å². The molecular weight excluding hydrogens is 182 g/mol. The standard InChI is InChI=1S/C10H9NO3/c1-5-4-11-7-3-9(13)8(12)2-6(7)10(5)14/h2-4,12-13H,1H3,(H,11,14). The number of nitrogens with one attached hydrogen (secondary N) is 1. The van der Waals surface area contributed by atoms with Crippen molar-refractivity contribution in [3.05, 3.63) is 34.1 Å². The maximum Gasteiger partial charge on any atom is 0.192 e. The van der Waals surface area contributed by atoms with Gasteiger partial charge in [-0.05, 0) is 13.0 Å². The number of aromatic amines is 1. The maximum absolute atomic E-state index is 11.6. The van der Waals surface area contributed by atoms with Crippen molar-refractivity contribution >= 4 is 10.9 Å². The van der Waals surface area contributed by atoms with Gasteiger partial charge in [-0.25, -0.2) is 0 Å². The Bertz CT molecular complexity index is 557. The Kier molecular flexibility index (Phi) is 1.70. The van der Waals surface area contributed by atoms with E-state index in [1.807, 2.05) is 0 Å². The number of rotatable bonds is 0. The lowest BCUT2D eigenvalue weighted by atomic mass is 10.1. The summed E-state index contributed by atoms with van der Waals surface area (Å²) in [5, 5.41) is 18.8. The van der Waals surface area contributed by atoms with E-state index in [1.54, 1.807) is 13.1 Å². The van der Waals surface area contributed by atoms with Crippen LogP contribution in [0.4, 0.5) is 0 Å². The molecule has 3 N–H and O–H groups in total. The summed E-state index contributed by atoms with van der Waals surface area (Å²) in [5.41, 5.74) is 0.938. The first-order valence-electron chi connectivity index (χ1n) is 4.13. The lowest BCUT2D eigenvalue weighted by molar-refractivity contribution is 0.405. The van der Waals surface area contributed by atoms with Gasteiger partial charge in [-0.1, -0.05) is 0 Å². The minimum absolute atomic E-state index is 0.144. The highest BCUT2D eigenvalue weighted by atomic mass is 16.3. The van der Waals surface area contributed by atoms with E-state index < -0.39 is 0 Å². The molecule has 0 unspecified atom stereocenters. The van der Waals surface area contributed by atoms with Crippen LogP contribution < -0.4 is 5.43 Å². The highest BCUT2D eigenvalue weighted by molar-refractivity contribution is 5.82. The smallest absolute Gasteiger partial charge is 0.192 e. The van der Waals surface area contributed by atoms with E-state index in [0.29, 0.717) is 16.5 Å². The summed E-state index contributed by atoms with van der Waals surface area (Å²) < 4.78 is 0. The van der Waals surface area contributed by atoms with Crippen LogP contribution in [0.3, 0.4) is 0 Å². The van der Waals surface area contributed by atoms with E-state index >= 15 is 0 Å². The SMILES string of the molecule is Cc1c[nH]c2cc(O)c(O)cc2c1=O. The van der Waals surface area contributed by atoms with Crippen molar-refractivity contribution in [3.63, 3.8) is 0 Å². The van der Waals surface area contributed by atoms with Crippen LogP contribution in [0.25, 0.3) is 10.9 Å². The maximum atomic E-state index is 11.6. The Morgan fingerprint density at radius 2 is 1.86 bits per heavy atom. The molecular formula is C10H9NO3. The Morgan fingerprint density at radius 1 is 1.21 bits per heavy atom. The molecule has 1 aromatic heterocycles. The summed E-state index contributed by atoms with van der Waals surface area (Å²) in [7, 11) is 0. The monoisotopic (exact) mass is 191 g/mol. The molecule has 0 aliphatic rings. The molecule has 72 valence electrons. The zero-order chi connectivity index (χ0) is 10.3. The van der Waals surface area contributed by atoms with E-state index in [1.165, 1.54) is 12.1 Å². The predicted molar refractivity (Wildman–Crippen MR) is 52.6 cm³/mol. The van der Waals surface area contributed by atoms with Crippen LogP contribution in [0.1, 0.15) is 5.56 Å². The second-order valence-corrected chi connectivity index (χ2v) is 3.19. The molecule has 14 heavy (non-hydrogen) atoms. The van der Waals surface area contributed by atoms with Crippen LogP contribution in [0.5, 0.6) is 11.5 Å². The van der Waals surface area contributed by atoms with Crippen molar-refractivity contribution in [2.24, 2.45) is 0 Å². The van der Waals surface area contributed by atoms with E-state index in [9.17, 15) is 15.0 Å². The minimum Gasteiger partial charge on any atom is -0.504 e. The van der Waals surface area contributed by atoms with Gasteiger partial charge >= 0.3 is 0 Å². The van der Waals surface area contributed by atoms with Crippen LogP contribution in [-0.4, -0.2) is 15.2 Å². The first-order valence-corrected chi connectivity index (χ1v) is 4.13. The van der Waals surface area contributed by atoms with Crippen LogP contribution in [0.15, 0.2) is 23.1 Å². The molecule has 0 fully saturated rings. The first kappa shape index (κ1) is 8.62. The van der Waals surface area contributed by atoms with Crippen molar-refractivity contribution in [2.45, 2.75) is 6.92 Å². The van der Waals surface area contributed by atoms with Gasteiger partial charge in [0, 0.05) is 23.2 Å². The third-order valence-electron chi connectivity index (χ3n) is 2.16. The Balaban J connectivity index is 2.97. The van der Waals surface area contributed by atoms with E-state index in [0.717, 1.165) is 0 Å². The Labute approximate surface area is 79.4 Å². The van der Waals surface area contributed by atoms with Crippen molar-refractivity contribution in [3.8, 4) is 11.5 Å². The fraction of sp³-hybridized carbons (Fsp3) is 0.100. The fourth-order valence-corrected chi connectivity index (χ4v) is 1.35. The molecule has 4 heteroatoms. The van der Waals surface area contributed by atoms with Crippen LogP contribution in [-0.2, 0) is 0 Å². The first-order chi connectivity index (χ1) is 6.59. The second kappa shape index (κ2) is 2.77. The number of benzene rings is 1. The largest absolute Gasteiger partial charge is 0.504 e. The number of fused-ring (bicyclic) bond motifs is 1. The lowest BCUT2D eigenvalue weighted by Gasteiger charge is -2.01. The number of phenols is 2. The molecule has 4 nitrogen and oxygen atoms in total. The van der Waals surface area contributed by atoms with Crippen molar-refractivity contribution in [1.82, 2.24) is 4.98 Å².